The molecule has 10 rings (SSSR count). The van der Waals surface area contributed by atoms with Crippen LogP contribution >= 0.6 is 39.0 Å². The maximum atomic E-state index is 7.63. The molecule has 7 heteroatoms. The van der Waals surface area contributed by atoms with E-state index in [0.29, 0.717) is 10.0 Å². The average molecular weight is 1000 g/mol. The normalized spacial score (nSPS) is 12.0. The predicted molar refractivity (Wildman–Crippen MR) is 281 cm³/mol. The first-order chi connectivity index (χ1) is 31.5. The first-order valence-electron chi connectivity index (χ1n) is 21.3. The van der Waals surface area contributed by atoms with Crippen LogP contribution in [0.3, 0.4) is 0 Å². The summed E-state index contributed by atoms with van der Waals surface area (Å²) in [5.41, 5.74) is 16.8. The monoisotopic (exact) mass is 1000 g/mol. The van der Waals surface area contributed by atoms with Gasteiger partial charge in [-0.25, -0.2) is 0 Å². The second kappa shape index (κ2) is 21.8. The first-order valence-corrected chi connectivity index (χ1v) is 24.8. The van der Waals surface area contributed by atoms with Gasteiger partial charge in [-0.1, -0.05) is 266 Å². The van der Waals surface area contributed by atoms with Gasteiger partial charge in [0.1, 0.15) is 0 Å². The number of nitrogens with two attached hydrogens (primary N) is 2. The quantitative estimate of drug-likeness (QED) is 0.106. The van der Waals surface area contributed by atoms with Crippen molar-refractivity contribution in [1.29, 1.82) is 0 Å². The third-order valence-electron chi connectivity index (χ3n) is 11.5. The van der Waals surface area contributed by atoms with Gasteiger partial charge in [0.25, 0.3) is 0 Å². The molecule has 0 unspecified atom stereocenters. The molecule has 0 bridgehead atoms. The van der Waals surface area contributed by atoms with Crippen molar-refractivity contribution >= 4 is 92.4 Å². The van der Waals surface area contributed by atoms with Gasteiger partial charge >= 0.3 is 19.5 Å². The van der Waals surface area contributed by atoms with E-state index >= 15 is 0 Å². The summed E-state index contributed by atoms with van der Waals surface area (Å²) >= 11 is 14.9. The molecule has 0 saturated heterocycles. The Hall–Kier alpha value is -5.30. The first kappa shape index (κ1) is 46.2. The van der Waals surface area contributed by atoms with Gasteiger partial charge in [-0.15, -0.1) is 0 Å². The SMILES string of the molecule is Clc1c(P(c2ccccc2)c2ccccc2)c(-c2c(P(c3ccccc3)c3ccccc3)ccc3ccccc23)c2ccccc2c1Cl.N[C@H](c1ccccc1)[C@H](N)c1ccccc1.[Ru+2]. The molecule has 0 aliphatic heterocycles. The van der Waals surface area contributed by atoms with Gasteiger partial charge in [0.05, 0.1) is 10.0 Å². The van der Waals surface area contributed by atoms with Crippen LogP contribution in [0.2, 0.25) is 10.0 Å². The molecule has 10 aromatic carbocycles. The van der Waals surface area contributed by atoms with Crippen LogP contribution in [0.1, 0.15) is 23.2 Å². The van der Waals surface area contributed by atoms with Gasteiger partial charge in [-0.2, -0.15) is 0 Å². The molecule has 0 fully saturated rings. The molecule has 0 heterocycles. The second-order valence-corrected chi connectivity index (χ2v) is 20.6. The summed E-state index contributed by atoms with van der Waals surface area (Å²) in [5.74, 6) is 0. The van der Waals surface area contributed by atoms with Crippen molar-refractivity contribution in [1.82, 2.24) is 0 Å². The van der Waals surface area contributed by atoms with E-state index in [9.17, 15) is 0 Å². The van der Waals surface area contributed by atoms with Crippen LogP contribution in [0.5, 0.6) is 0 Å². The van der Waals surface area contributed by atoms with Crippen molar-refractivity contribution in [3.63, 3.8) is 0 Å². The van der Waals surface area contributed by atoms with E-state index < -0.39 is 15.8 Å². The molecule has 2 nitrogen and oxygen atoms in total. The van der Waals surface area contributed by atoms with E-state index in [1.807, 2.05) is 60.7 Å². The summed E-state index contributed by atoms with van der Waals surface area (Å²) in [6.45, 7) is 0. The Morgan fingerprint density at radius 2 is 0.677 bits per heavy atom. The van der Waals surface area contributed by atoms with Crippen molar-refractivity contribution in [3.05, 3.63) is 264 Å². The zero-order valence-corrected chi connectivity index (χ0v) is 40.4. The topological polar surface area (TPSA) is 52.0 Å². The molecular weight excluding hydrogens is 959 g/mol. The molecule has 0 aliphatic rings. The van der Waals surface area contributed by atoms with Gasteiger partial charge in [-0.3, -0.25) is 0 Å². The van der Waals surface area contributed by atoms with E-state index in [1.54, 1.807) is 0 Å². The minimum absolute atomic E-state index is 0. The summed E-state index contributed by atoms with van der Waals surface area (Å²) < 4.78 is 0. The van der Waals surface area contributed by atoms with Crippen LogP contribution < -0.4 is 43.3 Å². The molecule has 0 aromatic heterocycles. The molecule has 318 valence electrons. The predicted octanol–water partition coefficient (Wildman–Crippen LogP) is 12.9. The molecular formula is C58H46Cl2N2P2Ru+2. The fraction of sp³-hybridized carbons (Fsp3) is 0.0345. The minimum atomic E-state index is -1.11. The molecule has 4 N–H and O–H groups in total. The van der Waals surface area contributed by atoms with E-state index in [-0.39, 0.29) is 31.6 Å². The van der Waals surface area contributed by atoms with E-state index in [1.165, 1.54) is 42.9 Å². The van der Waals surface area contributed by atoms with Crippen LogP contribution in [0.25, 0.3) is 32.7 Å². The zero-order chi connectivity index (χ0) is 43.8. The standard InChI is InChI=1S/C44H30Cl2P2.C14H16N2.Ru/c45-42-38-28-16-15-27-37(38)41(44(43(42)46)48(34-22-9-3-10-23-34)35-24-11-4-12-25-35)40-36-26-14-13-17-31(36)29-30-39(40)47(32-18-5-1-6-19-32)33-20-7-2-8-21-33;15-13(11-7-3-1-4-8-11)14(16)12-9-5-2-6-10-12;/h1-30H;1-10,13-14H,15-16H2;/q;;+2/t;13-,14-;/m.1./s1. The van der Waals surface area contributed by atoms with Gasteiger partial charge < -0.3 is 11.5 Å². The zero-order valence-electron chi connectivity index (χ0n) is 35.4. The smallest absolute Gasteiger partial charge is 0.322 e. The summed E-state index contributed by atoms with van der Waals surface area (Å²) in [4.78, 5) is 0. The molecule has 0 radical (unpaired) electrons. The van der Waals surface area contributed by atoms with Gasteiger partial charge in [0, 0.05) is 28.3 Å². The molecule has 0 spiro atoms. The molecule has 0 amide bonds. The number of benzene rings is 10. The summed E-state index contributed by atoms with van der Waals surface area (Å²) in [5, 5.41) is 13.1. The minimum Gasteiger partial charge on any atom is -0.322 e. The third-order valence-corrected chi connectivity index (χ3v) is 17.5. The molecule has 65 heavy (non-hydrogen) atoms. The van der Waals surface area contributed by atoms with Gasteiger partial charge in [0.2, 0.25) is 0 Å². The molecule has 0 aliphatic carbocycles. The Kier molecular flexibility index (Phi) is 15.5. The van der Waals surface area contributed by atoms with E-state index in [2.05, 4.69) is 182 Å². The number of fused-ring (bicyclic) bond motifs is 2. The largest absolute Gasteiger partial charge is 2.00 e. The Morgan fingerprint density at radius 3 is 1.12 bits per heavy atom. The van der Waals surface area contributed by atoms with Crippen LogP contribution in [-0.4, -0.2) is 0 Å². The van der Waals surface area contributed by atoms with E-state index in [0.717, 1.165) is 32.8 Å². The van der Waals surface area contributed by atoms with Crippen LogP contribution in [0, 0.1) is 0 Å². The second-order valence-electron chi connectivity index (χ2n) is 15.5. The van der Waals surface area contributed by atoms with Crippen LogP contribution in [-0.2, 0) is 19.5 Å². The third kappa shape index (κ3) is 9.95. The van der Waals surface area contributed by atoms with Crippen molar-refractivity contribution in [2.45, 2.75) is 12.1 Å². The Bertz CT molecular complexity index is 2990. The van der Waals surface area contributed by atoms with E-state index in [4.69, 9.17) is 34.7 Å². The number of hydrogen-bond acceptors (Lipinski definition) is 2. The number of hydrogen-bond donors (Lipinski definition) is 2. The maximum Gasteiger partial charge on any atom is 2.00 e. The molecule has 10 aromatic rings. The Balaban J connectivity index is 0.000000287. The van der Waals surface area contributed by atoms with Gasteiger partial charge in [-0.05, 0) is 75.2 Å². The van der Waals surface area contributed by atoms with Crippen molar-refractivity contribution in [2.75, 3.05) is 0 Å². The Labute approximate surface area is 407 Å². The molecule has 0 saturated carbocycles. The van der Waals surface area contributed by atoms with Gasteiger partial charge in [0.15, 0.2) is 0 Å². The summed E-state index contributed by atoms with van der Waals surface area (Å²) in [6.07, 6.45) is 0. The number of rotatable bonds is 10. The van der Waals surface area contributed by atoms with Crippen molar-refractivity contribution in [2.24, 2.45) is 11.5 Å². The molecule has 2 atom stereocenters. The fourth-order valence-electron chi connectivity index (χ4n) is 8.43. The fourth-order valence-corrected chi connectivity index (χ4v) is 14.2. The average Bonchev–Trinajstić information content (AvgIpc) is 3.37. The van der Waals surface area contributed by atoms with Crippen molar-refractivity contribution in [3.8, 4) is 11.1 Å². The van der Waals surface area contributed by atoms with Crippen LogP contribution in [0.4, 0.5) is 0 Å². The summed E-state index contributed by atoms with van der Waals surface area (Å²) in [6, 6.07) is 84.9. The summed E-state index contributed by atoms with van der Waals surface area (Å²) in [7, 11) is -2.05. The van der Waals surface area contributed by atoms with Crippen molar-refractivity contribution < 1.29 is 19.5 Å². The maximum absolute atomic E-state index is 7.63. The Morgan fingerprint density at radius 1 is 0.323 bits per heavy atom. The number of halogens is 2. The van der Waals surface area contributed by atoms with Crippen LogP contribution in [0.15, 0.2) is 243 Å².